The van der Waals surface area contributed by atoms with Gasteiger partial charge >= 0.3 is 17.9 Å². The Morgan fingerprint density at radius 1 is 0.566 bits per heavy atom. The zero-order chi connectivity index (χ0) is 39.2. The number of carboxylic acids is 1. The number of aliphatic hydroxyl groups is 5. The van der Waals surface area contributed by atoms with Gasteiger partial charge < -0.3 is 59.1 Å². The molecular formula is C38H68O15. The molecule has 0 amide bonds. The summed E-state index contributed by atoms with van der Waals surface area (Å²) in [5.41, 5.74) is 0. The Kier molecular flexibility index (Phi) is 23.9. The van der Waals surface area contributed by atoms with Crippen LogP contribution in [0.1, 0.15) is 143 Å². The fourth-order valence-electron chi connectivity index (χ4n) is 6.70. The van der Waals surface area contributed by atoms with Crippen LogP contribution in [0, 0.1) is 0 Å². The smallest absolute Gasteiger partial charge is 0.303 e. The first-order valence-corrected chi connectivity index (χ1v) is 19.9. The van der Waals surface area contributed by atoms with E-state index in [4.69, 9.17) is 33.5 Å². The Bertz CT molecular complexity index is 1010. The van der Waals surface area contributed by atoms with Gasteiger partial charge in [-0.15, -0.1) is 0 Å². The van der Waals surface area contributed by atoms with Gasteiger partial charge in [0.15, 0.2) is 12.6 Å². The van der Waals surface area contributed by atoms with Crippen LogP contribution in [0.5, 0.6) is 0 Å². The predicted molar refractivity (Wildman–Crippen MR) is 191 cm³/mol. The molecule has 0 unspecified atom stereocenters. The minimum Gasteiger partial charge on any atom is -0.481 e. The molecule has 2 fully saturated rings. The topological polar surface area (TPSA) is 228 Å². The first-order chi connectivity index (χ1) is 25.3. The lowest BCUT2D eigenvalue weighted by Crippen LogP contribution is -2.65. The van der Waals surface area contributed by atoms with Crippen LogP contribution < -0.4 is 0 Å². The fraction of sp³-hybridized carbons (Fsp3) is 0.921. The summed E-state index contributed by atoms with van der Waals surface area (Å²) in [5.74, 6) is -2.01. The van der Waals surface area contributed by atoms with E-state index in [1.807, 2.05) is 0 Å². The lowest BCUT2D eigenvalue weighted by molar-refractivity contribution is -0.372. The van der Waals surface area contributed by atoms with E-state index in [-0.39, 0.29) is 19.1 Å². The van der Waals surface area contributed by atoms with Crippen molar-refractivity contribution in [2.75, 3.05) is 13.2 Å². The molecule has 2 saturated heterocycles. The average molecular weight is 765 g/mol. The van der Waals surface area contributed by atoms with E-state index in [9.17, 15) is 39.9 Å². The third kappa shape index (κ3) is 18.5. The number of carbonyl (C=O) groups is 3. The highest BCUT2D eigenvalue weighted by atomic mass is 16.8. The molecule has 0 aromatic rings. The van der Waals surface area contributed by atoms with Gasteiger partial charge in [0, 0.05) is 20.3 Å². The Hall–Kier alpha value is -1.95. The number of carbonyl (C=O) groups excluding carboxylic acids is 2. The third-order valence-corrected chi connectivity index (χ3v) is 9.88. The van der Waals surface area contributed by atoms with E-state index in [0.29, 0.717) is 19.3 Å². The highest BCUT2D eigenvalue weighted by Gasteiger charge is 2.51. The maximum atomic E-state index is 11.6. The zero-order valence-corrected chi connectivity index (χ0v) is 32.1. The predicted octanol–water partition coefficient (Wildman–Crippen LogP) is 3.65. The number of aliphatic hydroxyl groups excluding tert-OH is 5. The Morgan fingerprint density at radius 2 is 1.00 bits per heavy atom. The van der Waals surface area contributed by atoms with Crippen LogP contribution in [-0.2, 0) is 42.8 Å². The second-order valence-corrected chi connectivity index (χ2v) is 14.5. The van der Waals surface area contributed by atoms with Crippen molar-refractivity contribution in [3.05, 3.63) is 0 Å². The number of hydrogen-bond donors (Lipinski definition) is 6. The molecule has 6 N–H and O–H groups in total. The van der Waals surface area contributed by atoms with E-state index >= 15 is 0 Å². The van der Waals surface area contributed by atoms with Gasteiger partial charge in [-0.2, -0.15) is 0 Å². The minimum absolute atomic E-state index is 0.217. The third-order valence-electron chi connectivity index (χ3n) is 9.88. The molecule has 0 aromatic heterocycles. The lowest BCUT2D eigenvalue weighted by Gasteiger charge is -2.46. The summed E-state index contributed by atoms with van der Waals surface area (Å²) >= 11 is 0. The van der Waals surface area contributed by atoms with Gasteiger partial charge in [0.2, 0.25) is 0 Å². The molecule has 0 radical (unpaired) electrons. The maximum absolute atomic E-state index is 11.6. The van der Waals surface area contributed by atoms with Gasteiger partial charge in [0.05, 0.1) is 6.10 Å². The Morgan fingerprint density at radius 3 is 1.47 bits per heavy atom. The zero-order valence-electron chi connectivity index (χ0n) is 32.1. The molecule has 15 heteroatoms. The number of esters is 2. The summed E-state index contributed by atoms with van der Waals surface area (Å²) in [5, 5.41) is 62.9. The SMILES string of the molecule is CCCCCCCCC[C@H](CCCCCCCCCCCC(=O)O)O[C@@H]1O[C@H](COC(C)=O)[C@@H](O)[C@H](O)[C@H]1O[C@@H]1O[C@H](COC(C)=O)[C@@H](O)[C@H](O)[C@H]1O. The number of ether oxygens (including phenoxy) is 6. The van der Waals surface area contributed by atoms with Crippen LogP contribution in [0.2, 0.25) is 0 Å². The Balaban J connectivity index is 2.13. The number of hydrogen-bond acceptors (Lipinski definition) is 14. The molecule has 53 heavy (non-hydrogen) atoms. The molecule has 0 aromatic carbocycles. The fourth-order valence-corrected chi connectivity index (χ4v) is 6.70. The highest BCUT2D eigenvalue weighted by Crippen LogP contribution is 2.32. The summed E-state index contributed by atoms with van der Waals surface area (Å²) in [6.45, 7) is 3.75. The monoisotopic (exact) mass is 764 g/mol. The molecule has 2 aliphatic heterocycles. The number of aliphatic carboxylic acids is 1. The number of unbranched alkanes of at least 4 members (excludes halogenated alkanes) is 14. The van der Waals surface area contributed by atoms with Crippen LogP contribution in [0.15, 0.2) is 0 Å². The van der Waals surface area contributed by atoms with Crippen molar-refractivity contribution in [2.24, 2.45) is 0 Å². The van der Waals surface area contributed by atoms with Crippen LogP contribution in [0.25, 0.3) is 0 Å². The molecule has 310 valence electrons. The van der Waals surface area contributed by atoms with E-state index in [1.54, 1.807) is 0 Å². The average Bonchev–Trinajstić information content (AvgIpc) is 3.11. The van der Waals surface area contributed by atoms with Gasteiger partial charge in [0.1, 0.15) is 62.0 Å². The molecule has 2 rings (SSSR count). The van der Waals surface area contributed by atoms with Crippen molar-refractivity contribution >= 4 is 17.9 Å². The second-order valence-electron chi connectivity index (χ2n) is 14.5. The molecule has 2 heterocycles. The highest BCUT2D eigenvalue weighted by molar-refractivity contribution is 5.66. The van der Waals surface area contributed by atoms with Gasteiger partial charge in [0.25, 0.3) is 0 Å². The normalized spacial score (nSPS) is 29.4. The molecule has 0 aliphatic carbocycles. The van der Waals surface area contributed by atoms with Crippen molar-refractivity contribution < 1.29 is 73.4 Å². The van der Waals surface area contributed by atoms with Crippen molar-refractivity contribution in [1.82, 2.24) is 0 Å². The standard InChI is InChI=1S/C38H68O15/c1-4-5-6-7-11-14-17-20-27(21-18-15-12-9-8-10-13-16-19-22-30(41)42)50-38-36(34(46)32(44)29(52-38)24-49-26(3)40)53-37-35(47)33(45)31(43)28(51-37)23-48-25(2)39/h27-29,31-38,43-47H,4-24H2,1-3H3,(H,41,42)/t27-,28-,29-,31-,32-,33+,34+,35-,36-,37+,38-/m1/s1. The van der Waals surface area contributed by atoms with Crippen molar-refractivity contribution in [1.29, 1.82) is 0 Å². The number of carboxylic acid groups (broad SMARTS) is 1. The molecule has 11 atom stereocenters. The van der Waals surface area contributed by atoms with E-state index in [2.05, 4.69) is 6.92 Å². The summed E-state index contributed by atoms with van der Waals surface area (Å²) in [6.07, 6.45) is 2.58. The number of rotatable bonds is 28. The van der Waals surface area contributed by atoms with Crippen molar-refractivity contribution in [3.8, 4) is 0 Å². The van der Waals surface area contributed by atoms with Gasteiger partial charge in [-0.05, 0) is 19.3 Å². The van der Waals surface area contributed by atoms with Crippen LogP contribution in [-0.4, -0.2) is 129 Å². The van der Waals surface area contributed by atoms with Crippen molar-refractivity contribution in [3.63, 3.8) is 0 Å². The van der Waals surface area contributed by atoms with Crippen LogP contribution in [0.4, 0.5) is 0 Å². The van der Waals surface area contributed by atoms with Crippen LogP contribution in [0.3, 0.4) is 0 Å². The summed E-state index contributed by atoms with van der Waals surface area (Å²) in [4.78, 5) is 33.7. The quantitative estimate of drug-likeness (QED) is 0.0494. The van der Waals surface area contributed by atoms with E-state index in [0.717, 1.165) is 84.0 Å². The molecular weight excluding hydrogens is 696 g/mol. The molecule has 15 nitrogen and oxygen atoms in total. The lowest BCUT2D eigenvalue weighted by atomic mass is 9.97. The minimum atomic E-state index is -1.78. The van der Waals surface area contributed by atoms with Crippen LogP contribution >= 0.6 is 0 Å². The summed E-state index contributed by atoms with van der Waals surface area (Å²) < 4.78 is 34.3. The van der Waals surface area contributed by atoms with Gasteiger partial charge in [-0.3, -0.25) is 14.4 Å². The largest absolute Gasteiger partial charge is 0.481 e. The molecule has 0 saturated carbocycles. The maximum Gasteiger partial charge on any atom is 0.303 e. The summed E-state index contributed by atoms with van der Waals surface area (Å²) in [6, 6.07) is 0. The van der Waals surface area contributed by atoms with E-state index in [1.165, 1.54) is 26.2 Å². The van der Waals surface area contributed by atoms with Crippen molar-refractivity contribution in [2.45, 2.75) is 210 Å². The molecule has 0 bridgehead atoms. The first kappa shape index (κ1) is 47.2. The van der Waals surface area contributed by atoms with Gasteiger partial charge in [-0.1, -0.05) is 103 Å². The Labute approximate surface area is 314 Å². The first-order valence-electron chi connectivity index (χ1n) is 19.9. The van der Waals surface area contributed by atoms with Gasteiger partial charge in [-0.25, -0.2) is 0 Å². The molecule has 2 aliphatic rings. The molecule has 0 spiro atoms. The van der Waals surface area contributed by atoms with E-state index < -0.39 is 85.9 Å². The summed E-state index contributed by atoms with van der Waals surface area (Å²) in [7, 11) is 0. The second kappa shape index (κ2) is 26.8.